The third kappa shape index (κ3) is 3.44. The summed E-state index contributed by atoms with van der Waals surface area (Å²) in [6, 6.07) is 8.20. The SMILES string of the molecule is Cl.NCCc1cc(O)c(O)c(S(=O)(=O)c2ccc(N)cc2)c1. The molecule has 0 spiro atoms. The summed E-state index contributed by atoms with van der Waals surface area (Å²) in [5, 5.41) is 19.5. The number of phenols is 2. The van der Waals surface area contributed by atoms with Crippen LogP contribution in [0.15, 0.2) is 46.2 Å². The second-order valence-corrected chi connectivity index (χ2v) is 6.49. The van der Waals surface area contributed by atoms with Gasteiger partial charge < -0.3 is 21.7 Å². The second kappa shape index (κ2) is 6.87. The van der Waals surface area contributed by atoms with Gasteiger partial charge in [-0.15, -0.1) is 12.4 Å². The fraction of sp³-hybridized carbons (Fsp3) is 0.143. The van der Waals surface area contributed by atoms with E-state index in [1.54, 1.807) is 0 Å². The van der Waals surface area contributed by atoms with E-state index in [1.807, 2.05) is 0 Å². The third-order valence-electron chi connectivity index (χ3n) is 3.03. The van der Waals surface area contributed by atoms with E-state index in [1.165, 1.54) is 36.4 Å². The van der Waals surface area contributed by atoms with E-state index in [0.29, 0.717) is 24.2 Å². The van der Waals surface area contributed by atoms with Crippen molar-refractivity contribution in [1.82, 2.24) is 0 Å². The zero-order chi connectivity index (χ0) is 15.6. The summed E-state index contributed by atoms with van der Waals surface area (Å²) in [5.74, 6) is -1.16. The van der Waals surface area contributed by atoms with Crippen molar-refractivity contribution >= 4 is 27.9 Å². The van der Waals surface area contributed by atoms with Crippen LogP contribution in [0.1, 0.15) is 5.56 Å². The van der Waals surface area contributed by atoms with Gasteiger partial charge in [-0.2, -0.15) is 0 Å². The van der Waals surface area contributed by atoms with Crippen LogP contribution >= 0.6 is 12.4 Å². The number of halogens is 1. The predicted octanol–water partition coefficient (Wildman–Crippen LogP) is 1.44. The average molecular weight is 345 g/mol. The first kappa shape index (κ1) is 18.1. The van der Waals surface area contributed by atoms with E-state index in [0.717, 1.165) is 0 Å². The van der Waals surface area contributed by atoms with Crippen LogP contribution in [0.4, 0.5) is 5.69 Å². The van der Waals surface area contributed by atoms with Crippen LogP contribution in [0.5, 0.6) is 11.5 Å². The maximum absolute atomic E-state index is 12.5. The van der Waals surface area contributed by atoms with E-state index >= 15 is 0 Å². The van der Waals surface area contributed by atoms with Gasteiger partial charge in [0.2, 0.25) is 9.84 Å². The summed E-state index contributed by atoms with van der Waals surface area (Å²) in [7, 11) is -3.96. The molecule has 0 aliphatic rings. The molecule has 0 saturated heterocycles. The topological polar surface area (TPSA) is 127 Å². The summed E-state index contributed by atoms with van der Waals surface area (Å²) in [5.41, 5.74) is 11.9. The quantitative estimate of drug-likeness (QED) is 0.491. The van der Waals surface area contributed by atoms with Crippen molar-refractivity contribution in [3.8, 4) is 11.5 Å². The summed E-state index contributed by atoms with van der Waals surface area (Å²) in [4.78, 5) is -0.369. The van der Waals surface area contributed by atoms with Gasteiger partial charge in [0.15, 0.2) is 11.5 Å². The minimum Gasteiger partial charge on any atom is -0.504 e. The monoisotopic (exact) mass is 344 g/mol. The molecule has 0 radical (unpaired) electrons. The Bertz CT molecular complexity index is 761. The van der Waals surface area contributed by atoms with Gasteiger partial charge in [-0.3, -0.25) is 0 Å². The van der Waals surface area contributed by atoms with E-state index in [9.17, 15) is 18.6 Å². The van der Waals surface area contributed by atoms with Gasteiger partial charge in [-0.1, -0.05) is 0 Å². The third-order valence-corrected chi connectivity index (χ3v) is 4.81. The van der Waals surface area contributed by atoms with Crippen LogP contribution < -0.4 is 11.5 Å². The lowest BCUT2D eigenvalue weighted by atomic mass is 10.1. The molecule has 8 heteroatoms. The molecule has 120 valence electrons. The van der Waals surface area contributed by atoms with Crippen molar-refractivity contribution in [2.24, 2.45) is 5.73 Å². The molecule has 6 N–H and O–H groups in total. The molecule has 0 atom stereocenters. The summed E-state index contributed by atoms with van der Waals surface area (Å²) in [6.45, 7) is 0.297. The molecule has 2 rings (SSSR count). The molecular weight excluding hydrogens is 328 g/mol. The molecule has 22 heavy (non-hydrogen) atoms. The Hall–Kier alpha value is -1.96. The van der Waals surface area contributed by atoms with Gasteiger partial charge in [0.05, 0.1) is 4.90 Å². The van der Waals surface area contributed by atoms with Gasteiger partial charge in [0, 0.05) is 5.69 Å². The highest BCUT2D eigenvalue weighted by atomic mass is 35.5. The molecule has 0 bridgehead atoms. The molecule has 0 aromatic heterocycles. The number of hydrogen-bond donors (Lipinski definition) is 4. The highest BCUT2D eigenvalue weighted by Gasteiger charge is 2.24. The van der Waals surface area contributed by atoms with E-state index in [-0.39, 0.29) is 22.2 Å². The van der Waals surface area contributed by atoms with Gasteiger partial charge in [0.25, 0.3) is 0 Å². The molecule has 0 fully saturated rings. The molecule has 2 aromatic rings. The minimum atomic E-state index is -3.96. The molecule has 0 aliphatic carbocycles. The van der Waals surface area contributed by atoms with Crippen LogP contribution in [0, 0.1) is 0 Å². The number of anilines is 1. The van der Waals surface area contributed by atoms with E-state index in [4.69, 9.17) is 11.5 Å². The fourth-order valence-corrected chi connectivity index (χ4v) is 3.35. The molecule has 0 heterocycles. The Labute approximate surface area is 134 Å². The van der Waals surface area contributed by atoms with E-state index in [2.05, 4.69) is 0 Å². The van der Waals surface area contributed by atoms with Gasteiger partial charge in [-0.05, 0) is 54.9 Å². The Kier molecular flexibility index (Phi) is 5.65. The van der Waals surface area contributed by atoms with Crippen molar-refractivity contribution in [1.29, 1.82) is 0 Å². The van der Waals surface area contributed by atoms with Crippen LogP contribution in [-0.2, 0) is 16.3 Å². The number of nitrogens with two attached hydrogens (primary N) is 2. The van der Waals surface area contributed by atoms with Gasteiger partial charge in [-0.25, -0.2) is 8.42 Å². The maximum atomic E-state index is 12.5. The van der Waals surface area contributed by atoms with Crippen LogP contribution in [-0.4, -0.2) is 25.2 Å². The van der Waals surface area contributed by atoms with Crippen LogP contribution in [0.2, 0.25) is 0 Å². The summed E-state index contributed by atoms with van der Waals surface area (Å²) >= 11 is 0. The first-order valence-electron chi connectivity index (χ1n) is 6.22. The number of rotatable bonds is 4. The predicted molar refractivity (Wildman–Crippen MR) is 86.1 cm³/mol. The first-order valence-corrected chi connectivity index (χ1v) is 7.70. The molecule has 0 amide bonds. The van der Waals surface area contributed by atoms with Crippen LogP contribution in [0.3, 0.4) is 0 Å². The van der Waals surface area contributed by atoms with Crippen molar-refractivity contribution in [2.75, 3.05) is 12.3 Å². The van der Waals surface area contributed by atoms with Gasteiger partial charge >= 0.3 is 0 Å². The summed E-state index contributed by atoms with van der Waals surface area (Å²) in [6.07, 6.45) is 0.387. The van der Waals surface area contributed by atoms with Crippen molar-refractivity contribution in [3.63, 3.8) is 0 Å². The molecule has 0 saturated carbocycles. The number of benzene rings is 2. The lowest BCUT2D eigenvalue weighted by Gasteiger charge is -2.11. The Morgan fingerprint density at radius 3 is 2.18 bits per heavy atom. The second-order valence-electron chi connectivity index (χ2n) is 4.57. The molecule has 0 aliphatic heterocycles. The molecule has 6 nitrogen and oxygen atoms in total. The average Bonchev–Trinajstić information content (AvgIpc) is 2.43. The molecule has 2 aromatic carbocycles. The van der Waals surface area contributed by atoms with Crippen LogP contribution in [0.25, 0.3) is 0 Å². The Balaban J connectivity index is 0.00000242. The van der Waals surface area contributed by atoms with Gasteiger partial charge in [0.1, 0.15) is 4.90 Å². The van der Waals surface area contributed by atoms with Crippen molar-refractivity contribution in [2.45, 2.75) is 16.2 Å². The molecular formula is C14H17ClN2O4S. The number of aromatic hydroxyl groups is 2. The number of sulfone groups is 1. The maximum Gasteiger partial charge on any atom is 0.210 e. The number of phenolic OH excluding ortho intramolecular Hbond substituents is 2. The van der Waals surface area contributed by atoms with E-state index < -0.39 is 21.3 Å². The van der Waals surface area contributed by atoms with Crippen molar-refractivity contribution in [3.05, 3.63) is 42.0 Å². The zero-order valence-electron chi connectivity index (χ0n) is 11.6. The highest BCUT2D eigenvalue weighted by molar-refractivity contribution is 7.91. The number of hydrogen-bond acceptors (Lipinski definition) is 6. The smallest absolute Gasteiger partial charge is 0.210 e. The van der Waals surface area contributed by atoms with Crippen molar-refractivity contribution < 1.29 is 18.6 Å². The minimum absolute atomic E-state index is 0. The summed E-state index contributed by atoms with van der Waals surface area (Å²) < 4.78 is 25.1. The highest BCUT2D eigenvalue weighted by Crippen LogP contribution is 2.36. The number of nitrogen functional groups attached to an aromatic ring is 1. The normalized spacial score (nSPS) is 11.0. The Morgan fingerprint density at radius 2 is 1.64 bits per heavy atom. The fourth-order valence-electron chi connectivity index (χ4n) is 1.94. The standard InChI is InChI=1S/C14H16N2O4S.ClH/c15-6-5-9-7-12(17)14(18)13(8-9)21(19,20)11-3-1-10(16)2-4-11;/h1-4,7-8,17-18H,5-6,15-16H2;1H. The lowest BCUT2D eigenvalue weighted by molar-refractivity contribution is 0.392. The largest absolute Gasteiger partial charge is 0.504 e. The molecule has 0 unspecified atom stereocenters. The lowest BCUT2D eigenvalue weighted by Crippen LogP contribution is -2.06. The first-order chi connectivity index (χ1) is 9.86. The zero-order valence-corrected chi connectivity index (χ0v) is 13.2. The Morgan fingerprint density at radius 1 is 1.05 bits per heavy atom.